The van der Waals surface area contributed by atoms with E-state index >= 15 is 0 Å². The molecule has 0 unspecified atom stereocenters. The summed E-state index contributed by atoms with van der Waals surface area (Å²) in [4.78, 5) is 19.9. The number of para-hydroxylation sites is 1. The third-order valence-corrected chi connectivity index (χ3v) is 7.41. The standard InChI is InChI=1S/C28H27BrF2N6O2/c1-39-14-13-36-16-20(18-10-11-21(30)22(31)15-18)24(17-36)33-28(38)34-27-25(29)26(23-9-5-6-12-32-23)35-37(27)19-7-3-2-4-8-19/h2-12,15,20,24H,13-14,16-17H2,1H3,(H2,33,34,38)/t20-,24+/m0/s1. The summed E-state index contributed by atoms with van der Waals surface area (Å²) in [5.41, 5.74) is 2.58. The van der Waals surface area contributed by atoms with Crippen LogP contribution in [0.3, 0.4) is 0 Å². The van der Waals surface area contributed by atoms with E-state index in [1.807, 2.05) is 48.5 Å². The number of nitrogens with one attached hydrogen (secondary N) is 2. The fourth-order valence-corrected chi connectivity index (χ4v) is 5.31. The number of hydrogen-bond acceptors (Lipinski definition) is 5. The molecule has 0 radical (unpaired) electrons. The number of urea groups is 1. The van der Waals surface area contributed by atoms with Crippen LogP contribution in [0.5, 0.6) is 0 Å². The van der Waals surface area contributed by atoms with Crippen LogP contribution in [0.15, 0.2) is 77.4 Å². The lowest BCUT2D eigenvalue weighted by molar-refractivity contribution is 0.159. The first kappa shape index (κ1) is 26.9. The van der Waals surface area contributed by atoms with Crippen molar-refractivity contribution in [2.45, 2.75) is 12.0 Å². The molecule has 39 heavy (non-hydrogen) atoms. The van der Waals surface area contributed by atoms with Gasteiger partial charge in [0.2, 0.25) is 0 Å². The Morgan fingerprint density at radius 3 is 2.59 bits per heavy atom. The molecule has 2 amide bonds. The molecule has 3 heterocycles. The number of amides is 2. The molecule has 2 N–H and O–H groups in total. The number of hydrogen-bond donors (Lipinski definition) is 2. The second kappa shape index (κ2) is 12.0. The Morgan fingerprint density at radius 1 is 1.08 bits per heavy atom. The molecular formula is C28H27BrF2N6O2. The highest BCUT2D eigenvalue weighted by Gasteiger charge is 2.35. The van der Waals surface area contributed by atoms with Gasteiger partial charge in [0.25, 0.3) is 0 Å². The van der Waals surface area contributed by atoms with E-state index in [-0.39, 0.29) is 12.0 Å². The summed E-state index contributed by atoms with van der Waals surface area (Å²) in [5.74, 6) is -1.63. The maximum atomic E-state index is 14.1. The number of aromatic nitrogens is 3. The predicted octanol–water partition coefficient (Wildman–Crippen LogP) is 5.21. The Bertz CT molecular complexity index is 1440. The van der Waals surface area contributed by atoms with Gasteiger partial charge in [-0.25, -0.2) is 18.3 Å². The van der Waals surface area contributed by atoms with Crippen LogP contribution in [0.1, 0.15) is 11.5 Å². The lowest BCUT2D eigenvalue weighted by atomic mass is 9.94. The van der Waals surface area contributed by atoms with Gasteiger partial charge < -0.3 is 10.1 Å². The average Bonchev–Trinajstić information content (AvgIpc) is 3.50. The molecule has 2 aromatic heterocycles. The predicted molar refractivity (Wildman–Crippen MR) is 148 cm³/mol. The van der Waals surface area contributed by atoms with E-state index in [1.165, 1.54) is 6.07 Å². The number of carbonyl (C=O) groups is 1. The molecule has 2 atom stereocenters. The molecule has 4 aromatic rings. The third kappa shape index (κ3) is 6.00. The van der Waals surface area contributed by atoms with Crippen molar-refractivity contribution in [1.29, 1.82) is 0 Å². The Labute approximate surface area is 233 Å². The molecule has 1 fully saturated rings. The molecule has 202 valence electrons. The molecule has 0 bridgehead atoms. The monoisotopic (exact) mass is 596 g/mol. The van der Waals surface area contributed by atoms with Crippen molar-refractivity contribution in [3.05, 3.63) is 94.6 Å². The number of anilines is 1. The molecule has 11 heteroatoms. The van der Waals surface area contributed by atoms with Gasteiger partial charge in [-0.3, -0.25) is 15.2 Å². The lowest BCUT2D eigenvalue weighted by Crippen LogP contribution is -2.42. The molecule has 0 saturated carbocycles. The zero-order chi connectivity index (χ0) is 27.4. The van der Waals surface area contributed by atoms with Crippen LogP contribution < -0.4 is 10.6 Å². The number of rotatable bonds is 8. The minimum absolute atomic E-state index is 0.241. The first-order valence-corrected chi connectivity index (χ1v) is 13.2. The molecule has 1 saturated heterocycles. The maximum absolute atomic E-state index is 14.1. The van der Waals surface area contributed by atoms with Gasteiger partial charge in [0.05, 0.1) is 28.5 Å². The van der Waals surface area contributed by atoms with Crippen LogP contribution in [0, 0.1) is 11.6 Å². The molecule has 1 aliphatic rings. The number of nitrogens with zero attached hydrogens (tertiary/aromatic N) is 4. The molecule has 1 aliphatic heterocycles. The van der Waals surface area contributed by atoms with Gasteiger partial charge in [0.1, 0.15) is 5.69 Å². The van der Waals surface area contributed by atoms with Crippen molar-refractivity contribution in [2.24, 2.45) is 0 Å². The Balaban J connectivity index is 1.42. The Kier molecular flexibility index (Phi) is 8.30. The van der Waals surface area contributed by atoms with Crippen molar-refractivity contribution >= 4 is 27.8 Å². The summed E-state index contributed by atoms with van der Waals surface area (Å²) in [6.07, 6.45) is 1.68. The van der Waals surface area contributed by atoms with Crippen LogP contribution in [-0.2, 0) is 4.74 Å². The van der Waals surface area contributed by atoms with E-state index in [0.717, 1.165) is 11.8 Å². The highest BCUT2D eigenvalue weighted by atomic mass is 79.9. The number of pyridine rings is 1. The summed E-state index contributed by atoms with van der Waals surface area (Å²) in [6.45, 7) is 2.26. The quantitative estimate of drug-likeness (QED) is 0.292. The second-order valence-corrected chi connectivity index (χ2v) is 10.0. The molecule has 5 rings (SSSR count). The van der Waals surface area contributed by atoms with E-state index in [2.05, 4.69) is 36.4 Å². The summed E-state index contributed by atoms with van der Waals surface area (Å²) in [5, 5.41) is 10.7. The van der Waals surface area contributed by atoms with Crippen LogP contribution in [0.25, 0.3) is 17.1 Å². The maximum Gasteiger partial charge on any atom is 0.320 e. The topological polar surface area (TPSA) is 84.3 Å². The largest absolute Gasteiger partial charge is 0.383 e. The minimum atomic E-state index is -0.913. The Hall–Kier alpha value is -3.67. The third-order valence-electron chi connectivity index (χ3n) is 6.66. The molecule has 8 nitrogen and oxygen atoms in total. The van der Waals surface area contributed by atoms with Crippen molar-refractivity contribution in [3.8, 4) is 17.1 Å². The van der Waals surface area contributed by atoms with Crippen molar-refractivity contribution in [3.63, 3.8) is 0 Å². The second-order valence-electron chi connectivity index (χ2n) is 9.21. The first-order chi connectivity index (χ1) is 18.9. The van der Waals surface area contributed by atoms with Crippen molar-refractivity contribution < 1.29 is 18.3 Å². The van der Waals surface area contributed by atoms with Crippen LogP contribution >= 0.6 is 15.9 Å². The summed E-state index contributed by atoms with van der Waals surface area (Å²) in [6, 6.07) is 18.0. The van der Waals surface area contributed by atoms with Crippen LogP contribution in [-0.4, -0.2) is 65.1 Å². The SMILES string of the molecule is COCCN1C[C@@H](NC(=O)Nc2c(Br)c(-c3ccccn3)nn2-c2ccccc2)[C@H](c2ccc(F)c(F)c2)C1. The van der Waals surface area contributed by atoms with Crippen LogP contribution in [0.2, 0.25) is 0 Å². The minimum Gasteiger partial charge on any atom is -0.383 e. The van der Waals surface area contributed by atoms with Gasteiger partial charge >= 0.3 is 6.03 Å². The summed E-state index contributed by atoms with van der Waals surface area (Å²) in [7, 11) is 1.62. The van der Waals surface area contributed by atoms with Crippen LogP contribution in [0.4, 0.5) is 19.4 Å². The number of methoxy groups -OCH3 is 1. The molecule has 0 aliphatic carbocycles. The van der Waals surface area contributed by atoms with E-state index < -0.39 is 17.7 Å². The fraction of sp³-hybridized carbons (Fsp3) is 0.250. The lowest BCUT2D eigenvalue weighted by Gasteiger charge is -2.21. The number of ether oxygens (including phenoxy) is 1. The van der Waals surface area contributed by atoms with E-state index in [0.29, 0.717) is 53.5 Å². The average molecular weight is 597 g/mol. The molecule has 0 spiro atoms. The summed E-state index contributed by atoms with van der Waals surface area (Å²) < 4.78 is 35.1. The normalized spacial score (nSPS) is 17.3. The van der Waals surface area contributed by atoms with Crippen molar-refractivity contribution in [2.75, 3.05) is 38.7 Å². The van der Waals surface area contributed by atoms with Gasteiger partial charge in [-0.15, -0.1) is 0 Å². The smallest absolute Gasteiger partial charge is 0.320 e. The molecular weight excluding hydrogens is 570 g/mol. The first-order valence-electron chi connectivity index (χ1n) is 12.4. The number of halogens is 3. The highest BCUT2D eigenvalue weighted by molar-refractivity contribution is 9.10. The zero-order valence-electron chi connectivity index (χ0n) is 21.2. The van der Waals surface area contributed by atoms with Gasteiger partial charge in [0, 0.05) is 38.9 Å². The van der Waals surface area contributed by atoms with Gasteiger partial charge in [-0.05, 0) is 57.9 Å². The zero-order valence-corrected chi connectivity index (χ0v) is 22.7. The molecule has 2 aromatic carbocycles. The number of benzene rings is 2. The Morgan fingerprint density at radius 2 is 1.87 bits per heavy atom. The summed E-state index contributed by atoms with van der Waals surface area (Å²) >= 11 is 3.61. The fourth-order valence-electron chi connectivity index (χ4n) is 4.76. The van der Waals surface area contributed by atoms with Crippen molar-refractivity contribution in [1.82, 2.24) is 25.0 Å². The van der Waals surface area contributed by atoms with Gasteiger partial charge in [0.15, 0.2) is 17.5 Å². The van der Waals surface area contributed by atoms with E-state index in [1.54, 1.807) is 24.1 Å². The number of likely N-dealkylation sites (tertiary alicyclic amines) is 1. The van der Waals surface area contributed by atoms with E-state index in [9.17, 15) is 13.6 Å². The number of carbonyl (C=O) groups excluding carboxylic acids is 1. The highest BCUT2D eigenvalue weighted by Crippen LogP contribution is 2.35. The van der Waals surface area contributed by atoms with Gasteiger partial charge in [-0.1, -0.05) is 30.3 Å². The van der Waals surface area contributed by atoms with Gasteiger partial charge in [-0.2, -0.15) is 5.10 Å². The van der Waals surface area contributed by atoms with E-state index in [4.69, 9.17) is 9.84 Å².